The number of aromatic nitrogens is 2. The molecule has 0 radical (unpaired) electrons. The Morgan fingerprint density at radius 2 is 1.89 bits per heavy atom. The highest BCUT2D eigenvalue weighted by atomic mass is 127. The van der Waals surface area contributed by atoms with Crippen molar-refractivity contribution < 1.29 is 0 Å². The molecule has 0 aliphatic carbocycles. The van der Waals surface area contributed by atoms with Gasteiger partial charge in [-0.25, -0.2) is 4.68 Å². The second-order valence-electron chi connectivity index (χ2n) is 7.20. The van der Waals surface area contributed by atoms with Crippen molar-refractivity contribution in [2.24, 2.45) is 4.99 Å². The number of rotatable bonds is 8. The minimum atomic E-state index is 0. The van der Waals surface area contributed by atoms with Crippen molar-refractivity contribution in [3.05, 3.63) is 48.3 Å². The molecule has 150 valence electrons. The zero-order valence-corrected chi connectivity index (χ0v) is 19.4. The Morgan fingerprint density at radius 3 is 2.44 bits per heavy atom. The van der Waals surface area contributed by atoms with Gasteiger partial charge >= 0.3 is 0 Å². The van der Waals surface area contributed by atoms with Crippen molar-refractivity contribution in [3.63, 3.8) is 0 Å². The fourth-order valence-electron chi connectivity index (χ4n) is 2.32. The highest BCUT2D eigenvalue weighted by Crippen LogP contribution is 2.10. The molecular weight excluding hydrogens is 451 g/mol. The Morgan fingerprint density at radius 1 is 1.19 bits per heavy atom. The topological polar surface area (TPSA) is 57.5 Å². The van der Waals surface area contributed by atoms with E-state index in [-0.39, 0.29) is 29.5 Å². The number of nitrogens with zero attached hydrogens (tertiary/aromatic N) is 4. The van der Waals surface area contributed by atoms with Gasteiger partial charge in [-0.1, -0.05) is 12.1 Å². The summed E-state index contributed by atoms with van der Waals surface area (Å²) in [4.78, 5) is 6.92. The summed E-state index contributed by atoms with van der Waals surface area (Å²) in [5, 5.41) is 11.0. The van der Waals surface area contributed by atoms with Crippen LogP contribution in [0.5, 0.6) is 0 Å². The predicted molar refractivity (Wildman–Crippen MR) is 124 cm³/mol. The third kappa shape index (κ3) is 7.50. The number of halogens is 1. The van der Waals surface area contributed by atoms with Gasteiger partial charge in [0.05, 0.1) is 12.2 Å². The van der Waals surface area contributed by atoms with E-state index in [1.165, 1.54) is 5.56 Å². The number of aliphatic imine (C=N–C) groups is 1. The fourth-order valence-corrected chi connectivity index (χ4v) is 2.32. The van der Waals surface area contributed by atoms with E-state index in [9.17, 15) is 0 Å². The maximum absolute atomic E-state index is 4.73. The molecule has 0 aliphatic rings. The summed E-state index contributed by atoms with van der Waals surface area (Å²) in [6.07, 6.45) is 4.68. The normalized spacial score (nSPS) is 12.0. The highest BCUT2D eigenvalue weighted by molar-refractivity contribution is 14.0. The molecule has 0 unspecified atom stereocenters. The molecule has 2 rings (SSSR count). The van der Waals surface area contributed by atoms with Crippen LogP contribution in [-0.2, 0) is 6.42 Å². The molecule has 6 nitrogen and oxygen atoms in total. The molecule has 0 saturated heterocycles. The van der Waals surface area contributed by atoms with Crippen LogP contribution in [-0.4, -0.2) is 59.9 Å². The summed E-state index contributed by atoms with van der Waals surface area (Å²) >= 11 is 0. The summed E-state index contributed by atoms with van der Waals surface area (Å²) in [5.41, 5.74) is 2.40. The van der Waals surface area contributed by atoms with Crippen LogP contribution in [0.15, 0.2) is 47.7 Å². The van der Waals surface area contributed by atoms with E-state index in [1.807, 2.05) is 16.9 Å². The predicted octanol–water partition coefficient (Wildman–Crippen LogP) is 2.93. The first-order chi connectivity index (χ1) is 12.4. The van der Waals surface area contributed by atoms with Crippen molar-refractivity contribution in [2.45, 2.75) is 32.7 Å². The molecule has 1 aromatic heterocycles. The van der Waals surface area contributed by atoms with E-state index < -0.39 is 0 Å². The van der Waals surface area contributed by atoms with Crippen molar-refractivity contribution >= 4 is 29.9 Å². The molecule has 0 amide bonds. The van der Waals surface area contributed by atoms with Crippen molar-refractivity contribution in [3.8, 4) is 5.69 Å². The van der Waals surface area contributed by atoms with Gasteiger partial charge in [0, 0.05) is 31.0 Å². The summed E-state index contributed by atoms with van der Waals surface area (Å²) in [5.74, 6) is 0.871. The highest BCUT2D eigenvalue weighted by Gasteiger charge is 2.19. The average molecular weight is 484 g/mol. The monoisotopic (exact) mass is 484 g/mol. The molecule has 27 heavy (non-hydrogen) atoms. The Labute approximate surface area is 180 Å². The Kier molecular flexibility index (Phi) is 9.79. The molecule has 0 saturated carbocycles. The van der Waals surface area contributed by atoms with Gasteiger partial charge in [0.1, 0.15) is 0 Å². The molecule has 0 bridgehead atoms. The van der Waals surface area contributed by atoms with Gasteiger partial charge < -0.3 is 15.5 Å². The number of likely N-dealkylation sites (N-methyl/N-ethyl adjacent to an activating group) is 1. The zero-order valence-electron chi connectivity index (χ0n) is 17.1. The van der Waals surface area contributed by atoms with Crippen molar-refractivity contribution in [1.82, 2.24) is 25.3 Å². The second-order valence-corrected chi connectivity index (χ2v) is 7.20. The van der Waals surface area contributed by atoms with E-state index in [4.69, 9.17) is 4.99 Å². The standard InChI is InChI=1S/C20H32N6.HI/c1-6-21-19(23-16-20(2,3)25(4)5)22-14-12-17-8-10-18(11-9-17)26-15-7-13-24-26;/h7-11,13,15H,6,12,14,16H2,1-5H3,(H2,21,22,23);1H. The minimum Gasteiger partial charge on any atom is -0.357 e. The van der Waals surface area contributed by atoms with Gasteiger partial charge in [0.25, 0.3) is 0 Å². The van der Waals surface area contributed by atoms with Crippen molar-refractivity contribution in [1.29, 1.82) is 0 Å². The second kappa shape index (κ2) is 11.3. The van der Waals surface area contributed by atoms with E-state index in [0.29, 0.717) is 0 Å². The molecule has 0 fully saturated rings. The van der Waals surface area contributed by atoms with Crippen LogP contribution in [0, 0.1) is 0 Å². The van der Waals surface area contributed by atoms with E-state index in [1.54, 1.807) is 6.20 Å². The molecule has 0 spiro atoms. The maximum Gasteiger partial charge on any atom is 0.191 e. The first-order valence-corrected chi connectivity index (χ1v) is 9.21. The maximum atomic E-state index is 4.73. The van der Waals surface area contributed by atoms with Gasteiger partial charge in [-0.2, -0.15) is 5.10 Å². The molecule has 1 heterocycles. The molecule has 2 N–H and O–H groups in total. The minimum absolute atomic E-state index is 0. The van der Waals surface area contributed by atoms with E-state index >= 15 is 0 Å². The Bertz CT molecular complexity index is 677. The molecule has 0 atom stereocenters. The van der Waals surface area contributed by atoms with Gasteiger partial charge in [0.2, 0.25) is 0 Å². The average Bonchev–Trinajstić information content (AvgIpc) is 3.15. The summed E-state index contributed by atoms with van der Waals surface area (Å²) in [6.45, 7) is 8.92. The van der Waals surface area contributed by atoms with Crippen LogP contribution in [0.25, 0.3) is 5.69 Å². The van der Waals surface area contributed by atoms with Gasteiger partial charge in [-0.05, 0) is 65.0 Å². The van der Waals surface area contributed by atoms with Gasteiger partial charge in [-0.15, -0.1) is 24.0 Å². The largest absolute Gasteiger partial charge is 0.357 e. The number of benzene rings is 1. The molecule has 0 aliphatic heterocycles. The number of guanidine groups is 1. The lowest BCUT2D eigenvalue weighted by Gasteiger charge is -2.31. The zero-order chi connectivity index (χ0) is 19.0. The first-order valence-electron chi connectivity index (χ1n) is 9.21. The lowest BCUT2D eigenvalue weighted by Crippen LogP contribution is -2.44. The Hall–Kier alpha value is -1.61. The van der Waals surface area contributed by atoms with Crippen LogP contribution < -0.4 is 10.6 Å². The smallest absolute Gasteiger partial charge is 0.191 e. The summed E-state index contributed by atoms with van der Waals surface area (Å²) in [7, 11) is 4.17. The van der Waals surface area contributed by atoms with Crippen LogP contribution in [0.4, 0.5) is 0 Å². The SMILES string of the molecule is CCNC(=NCC(C)(C)N(C)C)NCCc1ccc(-n2cccn2)cc1.I. The number of hydrogen-bond donors (Lipinski definition) is 2. The molecular formula is C20H33IN6. The summed E-state index contributed by atoms with van der Waals surface area (Å²) in [6, 6.07) is 10.4. The lowest BCUT2D eigenvalue weighted by molar-refractivity contribution is 0.204. The fraction of sp³-hybridized carbons (Fsp3) is 0.500. The third-order valence-electron chi connectivity index (χ3n) is 4.59. The van der Waals surface area contributed by atoms with Crippen LogP contribution >= 0.6 is 24.0 Å². The molecule has 2 aromatic rings. The van der Waals surface area contributed by atoms with Crippen LogP contribution in [0.1, 0.15) is 26.3 Å². The third-order valence-corrected chi connectivity index (χ3v) is 4.59. The Balaban J connectivity index is 0.00000364. The van der Waals surface area contributed by atoms with Crippen LogP contribution in [0.3, 0.4) is 0 Å². The lowest BCUT2D eigenvalue weighted by atomic mass is 10.1. The first kappa shape index (κ1) is 23.4. The molecule has 7 heteroatoms. The number of nitrogens with one attached hydrogen (secondary N) is 2. The number of hydrogen-bond acceptors (Lipinski definition) is 3. The molecule has 1 aromatic carbocycles. The van der Waals surface area contributed by atoms with Crippen molar-refractivity contribution in [2.75, 3.05) is 33.7 Å². The van der Waals surface area contributed by atoms with Gasteiger partial charge in [0.15, 0.2) is 5.96 Å². The van der Waals surface area contributed by atoms with E-state index in [2.05, 4.69) is 79.8 Å². The summed E-state index contributed by atoms with van der Waals surface area (Å²) < 4.78 is 1.87. The van der Waals surface area contributed by atoms with Gasteiger partial charge in [-0.3, -0.25) is 4.99 Å². The quantitative estimate of drug-likeness (QED) is 0.344. The van der Waals surface area contributed by atoms with E-state index in [0.717, 1.165) is 37.7 Å². The van der Waals surface area contributed by atoms with Crippen LogP contribution in [0.2, 0.25) is 0 Å².